The summed E-state index contributed by atoms with van der Waals surface area (Å²) in [7, 11) is -1.36. The van der Waals surface area contributed by atoms with Gasteiger partial charge in [-0.3, -0.25) is 0 Å². The first-order chi connectivity index (χ1) is 9.90. The van der Waals surface area contributed by atoms with E-state index in [0.717, 1.165) is 18.5 Å². The van der Waals surface area contributed by atoms with Gasteiger partial charge in [0.05, 0.1) is 0 Å². The maximum atomic E-state index is 12.2. The third-order valence-corrected chi connectivity index (χ3v) is 6.52. The minimum atomic E-state index is -3.38. The zero-order chi connectivity index (χ0) is 15.9. The van der Waals surface area contributed by atoms with Crippen LogP contribution in [0.3, 0.4) is 0 Å². The molecule has 122 valence electrons. The SMILES string of the molecule is CCNCc1csc(S(=O)(=O)NCCN(C)C(C)CC)c1. The number of nitrogens with zero attached hydrogens (tertiary/aromatic N) is 1. The molecule has 1 atom stereocenters. The summed E-state index contributed by atoms with van der Waals surface area (Å²) in [6, 6.07) is 2.21. The molecule has 1 unspecified atom stereocenters. The van der Waals surface area contributed by atoms with E-state index in [1.54, 1.807) is 6.07 Å². The molecule has 0 spiro atoms. The van der Waals surface area contributed by atoms with Crippen LogP contribution < -0.4 is 10.0 Å². The molecule has 0 saturated heterocycles. The van der Waals surface area contributed by atoms with Crippen molar-refractivity contribution in [3.63, 3.8) is 0 Å². The Hall–Kier alpha value is -0.470. The number of sulfonamides is 1. The molecule has 0 aromatic carbocycles. The Labute approximate surface area is 132 Å². The van der Waals surface area contributed by atoms with Crippen molar-refractivity contribution in [3.8, 4) is 0 Å². The molecule has 1 rings (SSSR count). The average Bonchev–Trinajstić information content (AvgIpc) is 2.93. The summed E-state index contributed by atoms with van der Waals surface area (Å²) in [6.07, 6.45) is 1.06. The van der Waals surface area contributed by atoms with Gasteiger partial charge < -0.3 is 10.2 Å². The fraction of sp³-hybridized carbons (Fsp3) is 0.714. The summed E-state index contributed by atoms with van der Waals surface area (Å²) in [5, 5.41) is 5.08. The topological polar surface area (TPSA) is 61.4 Å². The van der Waals surface area contributed by atoms with Gasteiger partial charge in [-0.15, -0.1) is 11.3 Å². The molecular weight excluding hydrogens is 306 g/mol. The van der Waals surface area contributed by atoms with Crippen LogP contribution in [0.1, 0.15) is 32.8 Å². The third kappa shape index (κ3) is 6.04. The number of thiophene rings is 1. The first kappa shape index (κ1) is 18.6. The molecule has 1 aromatic heterocycles. The van der Waals surface area contributed by atoms with Crippen LogP contribution in [-0.2, 0) is 16.6 Å². The van der Waals surface area contributed by atoms with E-state index in [0.29, 0.717) is 29.9 Å². The van der Waals surface area contributed by atoms with Gasteiger partial charge in [0.25, 0.3) is 0 Å². The van der Waals surface area contributed by atoms with Gasteiger partial charge in [0.1, 0.15) is 4.21 Å². The average molecular weight is 334 g/mol. The molecule has 0 saturated carbocycles. The second-order valence-electron chi connectivity index (χ2n) is 5.19. The minimum Gasteiger partial charge on any atom is -0.313 e. The lowest BCUT2D eigenvalue weighted by molar-refractivity contribution is 0.256. The lowest BCUT2D eigenvalue weighted by Crippen LogP contribution is -2.36. The van der Waals surface area contributed by atoms with Crippen LogP contribution in [0.2, 0.25) is 0 Å². The van der Waals surface area contributed by atoms with E-state index in [2.05, 4.69) is 28.8 Å². The molecule has 0 amide bonds. The highest BCUT2D eigenvalue weighted by Gasteiger charge is 2.17. The highest BCUT2D eigenvalue weighted by molar-refractivity contribution is 7.91. The van der Waals surface area contributed by atoms with Crippen LogP contribution in [-0.4, -0.2) is 46.0 Å². The monoisotopic (exact) mass is 333 g/mol. The van der Waals surface area contributed by atoms with Gasteiger partial charge >= 0.3 is 0 Å². The van der Waals surface area contributed by atoms with Gasteiger partial charge in [0, 0.05) is 25.7 Å². The molecular formula is C14H27N3O2S2. The van der Waals surface area contributed by atoms with Crippen molar-refractivity contribution in [2.75, 3.05) is 26.7 Å². The summed E-state index contributed by atoms with van der Waals surface area (Å²) in [5.74, 6) is 0. The summed E-state index contributed by atoms with van der Waals surface area (Å²) >= 11 is 1.27. The molecule has 1 aromatic rings. The summed E-state index contributed by atoms with van der Waals surface area (Å²) in [6.45, 7) is 9.02. The molecule has 1 heterocycles. The predicted molar refractivity (Wildman–Crippen MR) is 89.3 cm³/mol. The Morgan fingerprint density at radius 1 is 1.38 bits per heavy atom. The highest BCUT2D eigenvalue weighted by Crippen LogP contribution is 2.19. The van der Waals surface area contributed by atoms with Crippen molar-refractivity contribution >= 4 is 21.4 Å². The van der Waals surface area contributed by atoms with Crippen LogP contribution in [0, 0.1) is 0 Å². The van der Waals surface area contributed by atoms with E-state index >= 15 is 0 Å². The van der Waals surface area contributed by atoms with Gasteiger partial charge in [-0.1, -0.05) is 13.8 Å². The van der Waals surface area contributed by atoms with Crippen LogP contribution in [0.25, 0.3) is 0 Å². The van der Waals surface area contributed by atoms with Gasteiger partial charge in [-0.2, -0.15) is 0 Å². The smallest absolute Gasteiger partial charge is 0.250 e. The van der Waals surface area contributed by atoms with Gasteiger partial charge in [0.2, 0.25) is 10.0 Å². The van der Waals surface area contributed by atoms with E-state index in [-0.39, 0.29) is 0 Å². The van der Waals surface area contributed by atoms with E-state index in [9.17, 15) is 8.42 Å². The number of rotatable bonds is 10. The Bertz CT molecular complexity index is 514. The van der Waals surface area contributed by atoms with Crippen LogP contribution in [0.4, 0.5) is 0 Å². The molecule has 2 N–H and O–H groups in total. The highest BCUT2D eigenvalue weighted by atomic mass is 32.2. The molecule has 21 heavy (non-hydrogen) atoms. The third-order valence-electron chi connectivity index (χ3n) is 3.57. The van der Waals surface area contributed by atoms with Crippen LogP contribution in [0.5, 0.6) is 0 Å². The first-order valence-electron chi connectivity index (χ1n) is 7.38. The first-order valence-corrected chi connectivity index (χ1v) is 9.75. The van der Waals surface area contributed by atoms with Crippen molar-refractivity contribution in [1.82, 2.24) is 14.9 Å². The van der Waals surface area contributed by atoms with Gasteiger partial charge in [-0.25, -0.2) is 13.1 Å². The van der Waals surface area contributed by atoms with Crippen molar-refractivity contribution in [3.05, 3.63) is 17.0 Å². The quantitative estimate of drug-likeness (QED) is 0.686. The van der Waals surface area contributed by atoms with Crippen LogP contribution in [0.15, 0.2) is 15.7 Å². The van der Waals surface area contributed by atoms with Crippen molar-refractivity contribution in [2.24, 2.45) is 0 Å². The molecule has 0 aliphatic rings. The molecule has 0 aliphatic heterocycles. The minimum absolute atomic E-state index is 0.390. The van der Waals surface area contributed by atoms with Gasteiger partial charge in [-0.05, 0) is 43.9 Å². The largest absolute Gasteiger partial charge is 0.313 e. The van der Waals surface area contributed by atoms with Crippen molar-refractivity contribution in [2.45, 2.75) is 44.0 Å². The second kappa shape index (κ2) is 8.85. The summed E-state index contributed by atoms with van der Waals surface area (Å²) < 4.78 is 27.5. The molecule has 0 radical (unpaired) electrons. The maximum Gasteiger partial charge on any atom is 0.250 e. The van der Waals surface area contributed by atoms with Crippen molar-refractivity contribution < 1.29 is 8.42 Å². The van der Waals surface area contributed by atoms with Crippen molar-refractivity contribution in [1.29, 1.82) is 0 Å². The van der Waals surface area contributed by atoms with E-state index in [4.69, 9.17) is 0 Å². The summed E-state index contributed by atoms with van der Waals surface area (Å²) in [4.78, 5) is 2.16. The zero-order valence-electron chi connectivity index (χ0n) is 13.3. The van der Waals surface area contributed by atoms with E-state index < -0.39 is 10.0 Å². The van der Waals surface area contributed by atoms with Gasteiger partial charge in [0.15, 0.2) is 0 Å². The number of likely N-dealkylation sites (N-methyl/N-ethyl adjacent to an activating group) is 1. The lowest BCUT2D eigenvalue weighted by Gasteiger charge is -2.23. The Kier molecular flexibility index (Phi) is 7.83. The Morgan fingerprint density at radius 2 is 2.10 bits per heavy atom. The van der Waals surface area contributed by atoms with E-state index in [1.807, 2.05) is 19.4 Å². The number of hydrogen-bond donors (Lipinski definition) is 2. The maximum absolute atomic E-state index is 12.2. The normalized spacial score (nSPS) is 13.8. The summed E-state index contributed by atoms with van der Waals surface area (Å²) in [5.41, 5.74) is 1.01. The number of nitrogens with one attached hydrogen (secondary N) is 2. The fourth-order valence-electron chi connectivity index (χ4n) is 1.82. The predicted octanol–water partition coefficient (Wildman–Crippen LogP) is 1.87. The van der Waals surface area contributed by atoms with Crippen LogP contribution >= 0.6 is 11.3 Å². The Balaban J connectivity index is 2.51. The standard InChI is InChI=1S/C14H27N3O2S2/c1-5-12(3)17(4)8-7-16-21(18,19)14-9-13(11-20-14)10-15-6-2/h9,11-12,15-16H,5-8,10H2,1-4H3. The fourth-order valence-corrected chi connectivity index (χ4v) is 4.09. The number of hydrogen-bond acceptors (Lipinski definition) is 5. The zero-order valence-corrected chi connectivity index (χ0v) is 15.0. The Morgan fingerprint density at radius 3 is 2.71 bits per heavy atom. The molecule has 5 nitrogen and oxygen atoms in total. The molecule has 7 heteroatoms. The molecule has 0 fully saturated rings. The molecule has 0 aliphatic carbocycles. The molecule has 0 bridgehead atoms. The lowest BCUT2D eigenvalue weighted by atomic mass is 10.2. The second-order valence-corrected chi connectivity index (χ2v) is 8.09. The van der Waals surface area contributed by atoms with E-state index in [1.165, 1.54) is 11.3 Å².